The zero-order valence-electron chi connectivity index (χ0n) is 3.22. The number of carbonyl (C=O) groups is 1. The fraction of sp³-hybridized carbons (Fsp3) is 0.667. The fourth-order valence-electron chi connectivity index (χ4n) is 0.0956. The summed E-state index contributed by atoms with van der Waals surface area (Å²) < 4.78 is 0. The van der Waals surface area contributed by atoms with Gasteiger partial charge in [-0.3, -0.25) is 4.79 Å². The Balaban J connectivity index is 0. The minimum absolute atomic E-state index is 0. The van der Waals surface area contributed by atoms with Crippen LogP contribution in [0.25, 0.3) is 0 Å². The summed E-state index contributed by atoms with van der Waals surface area (Å²) in [6, 6.07) is 0. The molecule has 0 spiro atoms. The van der Waals surface area contributed by atoms with E-state index in [4.69, 9.17) is 5.11 Å². The first kappa shape index (κ1) is 10.7. The maximum atomic E-state index is 9.55. The van der Waals surface area contributed by atoms with Crippen LogP contribution in [0.15, 0.2) is 0 Å². The van der Waals surface area contributed by atoms with Crippen molar-refractivity contribution in [1.29, 1.82) is 0 Å². The normalized spacial score (nSPS) is 7.00. The molecule has 0 amide bonds. The van der Waals surface area contributed by atoms with E-state index in [9.17, 15) is 4.79 Å². The van der Waals surface area contributed by atoms with E-state index in [2.05, 4.69) is 12.6 Å². The summed E-state index contributed by atoms with van der Waals surface area (Å²) >= 11 is 3.68. The van der Waals surface area contributed by atoms with E-state index >= 15 is 0 Å². The van der Waals surface area contributed by atoms with Gasteiger partial charge in [0.2, 0.25) is 0 Å². The van der Waals surface area contributed by atoms with E-state index in [1.807, 2.05) is 0 Å². The molecule has 7 heavy (non-hydrogen) atoms. The van der Waals surface area contributed by atoms with Crippen molar-refractivity contribution in [3.8, 4) is 0 Å². The van der Waals surface area contributed by atoms with Crippen LogP contribution < -0.4 is 0 Å². The summed E-state index contributed by atoms with van der Waals surface area (Å²) in [6.07, 6.45) is 0.156. The van der Waals surface area contributed by atoms with Crippen LogP contribution in [-0.2, 0) is 4.79 Å². The average molecular weight is 130 g/mol. The van der Waals surface area contributed by atoms with Gasteiger partial charge in [0.15, 0.2) is 0 Å². The molecule has 0 atom stereocenters. The Morgan fingerprint density at radius 2 is 2.14 bits per heavy atom. The molecule has 0 radical (unpaired) electrons. The Kier molecular flexibility index (Phi) is 10.5. The molecule has 0 aromatic heterocycles. The Labute approximate surface area is 70.0 Å². The van der Waals surface area contributed by atoms with Crippen LogP contribution >= 0.6 is 12.6 Å². The average Bonchev–Trinajstić information content (AvgIpc) is 1.35. The monoisotopic (exact) mass is 130 g/mol. The molecule has 0 saturated heterocycles. The second-order valence-electron chi connectivity index (χ2n) is 0.867. The number of aliphatic carboxylic acids is 1. The van der Waals surface area contributed by atoms with E-state index in [1.54, 1.807) is 0 Å². The van der Waals surface area contributed by atoms with Crippen LogP contribution in [-0.4, -0.2) is 46.4 Å². The van der Waals surface area contributed by atoms with E-state index in [0.717, 1.165) is 0 Å². The van der Waals surface area contributed by atoms with Crippen molar-refractivity contribution in [2.24, 2.45) is 0 Å². The predicted octanol–water partition coefficient (Wildman–Crippen LogP) is -0.258. The van der Waals surface area contributed by atoms with Crippen LogP contribution in [0.4, 0.5) is 0 Å². The third kappa shape index (κ3) is 10.9. The third-order valence-electron chi connectivity index (χ3n) is 0.326. The first-order valence-corrected chi connectivity index (χ1v) is 2.23. The molecule has 38 valence electrons. The van der Waals surface area contributed by atoms with Crippen LogP contribution in [0.3, 0.4) is 0 Å². The van der Waals surface area contributed by atoms with Gasteiger partial charge in [-0.1, -0.05) is 0 Å². The van der Waals surface area contributed by atoms with Crippen LogP contribution in [0.5, 0.6) is 0 Å². The van der Waals surface area contributed by atoms with Gasteiger partial charge in [-0.25, -0.2) is 0 Å². The van der Waals surface area contributed by atoms with E-state index in [1.165, 1.54) is 0 Å². The van der Waals surface area contributed by atoms with Gasteiger partial charge in [-0.15, -0.1) is 0 Å². The molecule has 4 heteroatoms. The van der Waals surface area contributed by atoms with Crippen LogP contribution in [0.1, 0.15) is 6.42 Å². The second-order valence-corrected chi connectivity index (χ2v) is 1.31. The van der Waals surface area contributed by atoms with Gasteiger partial charge in [0, 0.05) is 5.75 Å². The van der Waals surface area contributed by atoms with Crippen molar-refractivity contribution in [3.05, 3.63) is 0 Å². The summed E-state index contributed by atoms with van der Waals surface area (Å²) in [5, 5.41) is 7.86. The molecule has 0 aromatic carbocycles. The summed E-state index contributed by atoms with van der Waals surface area (Å²) in [5.74, 6) is -0.361. The molecular formula is C3H7NaO2S. The molecule has 0 heterocycles. The standard InChI is InChI=1S/C3H6O2S.Na.H/c4-3(5)1-2-6;;/h6H,1-2H2,(H,4,5);;. The minimum atomic E-state index is -0.787. The van der Waals surface area contributed by atoms with Gasteiger partial charge in [-0.2, -0.15) is 12.6 Å². The molecule has 0 aromatic rings. The number of thiol groups is 1. The van der Waals surface area contributed by atoms with Crippen LogP contribution in [0.2, 0.25) is 0 Å². The van der Waals surface area contributed by atoms with Crippen molar-refractivity contribution >= 4 is 48.2 Å². The molecule has 2 nitrogen and oxygen atoms in total. The van der Waals surface area contributed by atoms with E-state index < -0.39 is 5.97 Å². The van der Waals surface area contributed by atoms with Crippen molar-refractivity contribution < 1.29 is 9.90 Å². The summed E-state index contributed by atoms with van der Waals surface area (Å²) in [7, 11) is 0. The summed E-state index contributed by atoms with van der Waals surface area (Å²) in [6.45, 7) is 0. The van der Waals surface area contributed by atoms with Crippen molar-refractivity contribution in [2.45, 2.75) is 6.42 Å². The van der Waals surface area contributed by atoms with Gasteiger partial charge in [0.05, 0.1) is 6.42 Å². The molecule has 0 bridgehead atoms. The number of carboxylic acid groups (broad SMARTS) is 1. The van der Waals surface area contributed by atoms with Gasteiger partial charge in [0.1, 0.15) is 0 Å². The van der Waals surface area contributed by atoms with Gasteiger partial charge in [-0.05, 0) is 0 Å². The van der Waals surface area contributed by atoms with Crippen LogP contribution in [0, 0.1) is 0 Å². The topological polar surface area (TPSA) is 37.3 Å². The van der Waals surface area contributed by atoms with Crippen molar-refractivity contribution in [3.63, 3.8) is 0 Å². The SMILES string of the molecule is O=C(O)CCS.[NaH]. The molecule has 0 fully saturated rings. The number of carboxylic acids is 1. The number of rotatable bonds is 2. The predicted molar refractivity (Wildman–Crippen MR) is 33.3 cm³/mol. The Hall–Kier alpha value is 0.820. The summed E-state index contributed by atoms with van der Waals surface area (Å²) in [5.41, 5.74) is 0. The van der Waals surface area contributed by atoms with Gasteiger partial charge in [0.25, 0.3) is 0 Å². The third-order valence-corrected chi connectivity index (χ3v) is 0.549. The second kappa shape index (κ2) is 6.82. The molecule has 0 rings (SSSR count). The fourth-order valence-corrected chi connectivity index (χ4v) is 0.287. The molecule has 0 aliphatic heterocycles. The molecule has 0 aliphatic rings. The Morgan fingerprint density at radius 3 is 2.14 bits per heavy atom. The molecule has 0 unspecified atom stereocenters. The zero-order chi connectivity index (χ0) is 4.99. The zero-order valence-corrected chi connectivity index (χ0v) is 4.11. The summed E-state index contributed by atoms with van der Waals surface area (Å²) in [4.78, 5) is 9.55. The Bertz CT molecular complexity index is 56.9. The first-order chi connectivity index (χ1) is 2.77. The number of hydrogen-bond donors (Lipinski definition) is 2. The first-order valence-electron chi connectivity index (χ1n) is 1.60. The van der Waals surface area contributed by atoms with Gasteiger partial charge < -0.3 is 5.11 Å². The molecule has 0 saturated carbocycles. The quantitative estimate of drug-likeness (QED) is 0.399. The van der Waals surface area contributed by atoms with Crippen molar-refractivity contribution in [1.82, 2.24) is 0 Å². The maximum absolute atomic E-state index is 9.55. The molecule has 0 aliphatic carbocycles. The molecule has 1 N–H and O–H groups in total. The van der Waals surface area contributed by atoms with Gasteiger partial charge >= 0.3 is 35.5 Å². The van der Waals surface area contributed by atoms with Crippen molar-refractivity contribution in [2.75, 3.05) is 5.75 Å². The number of hydrogen-bond acceptors (Lipinski definition) is 2. The Morgan fingerprint density at radius 1 is 1.71 bits per heavy atom. The van der Waals surface area contributed by atoms with E-state index in [-0.39, 0.29) is 36.0 Å². The molecular weight excluding hydrogens is 123 g/mol. The van der Waals surface area contributed by atoms with E-state index in [0.29, 0.717) is 5.75 Å².